The first-order chi connectivity index (χ1) is 9.60. The quantitative estimate of drug-likeness (QED) is 0.826. The highest BCUT2D eigenvalue weighted by Crippen LogP contribution is 2.30. The van der Waals surface area contributed by atoms with E-state index in [0.29, 0.717) is 10.6 Å². The van der Waals surface area contributed by atoms with Crippen molar-refractivity contribution in [2.24, 2.45) is 0 Å². The zero-order valence-electron chi connectivity index (χ0n) is 11.5. The lowest BCUT2D eigenvalue weighted by molar-refractivity contribution is -0.131. The Morgan fingerprint density at radius 1 is 1.43 bits per heavy atom. The number of benzene rings is 1. The van der Waals surface area contributed by atoms with Crippen LogP contribution in [0.1, 0.15) is 19.4 Å². The van der Waals surface area contributed by atoms with Crippen LogP contribution in [0.4, 0.5) is 18.9 Å². The minimum absolute atomic E-state index is 0.282. The van der Waals surface area contributed by atoms with Crippen LogP contribution in [0, 0.1) is 0 Å². The molecule has 0 saturated carbocycles. The third kappa shape index (κ3) is 5.67. The molecular weight excluding hydrogens is 307 g/mol. The molecule has 0 aliphatic carbocycles. The van der Waals surface area contributed by atoms with Crippen molar-refractivity contribution in [3.8, 4) is 0 Å². The van der Waals surface area contributed by atoms with Gasteiger partial charge in [0.1, 0.15) is 6.54 Å². The minimum Gasteiger partial charge on any atom is -0.478 e. The Kier molecular flexibility index (Phi) is 5.66. The largest absolute Gasteiger partial charge is 0.478 e. The number of carboxylic acid groups (broad SMARTS) is 1. The van der Waals surface area contributed by atoms with Gasteiger partial charge in [-0.05, 0) is 43.7 Å². The summed E-state index contributed by atoms with van der Waals surface area (Å²) >= 11 is 5.83. The molecule has 116 valence electrons. The summed E-state index contributed by atoms with van der Waals surface area (Å²) in [6.45, 7) is 2.14. The van der Waals surface area contributed by atoms with Crippen LogP contribution in [0.25, 0.3) is 6.08 Å². The highest BCUT2D eigenvalue weighted by atomic mass is 35.5. The summed E-state index contributed by atoms with van der Waals surface area (Å²) in [5, 5.41) is 8.97. The van der Waals surface area contributed by atoms with E-state index in [1.807, 2.05) is 0 Å². The van der Waals surface area contributed by atoms with Gasteiger partial charge in [-0.2, -0.15) is 13.2 Å². The molecule has 0 bridgehead atoms. The number of carbonyl (C=O) groups is 1. The Bertz CT molecular complexity index is 542. The van der Waals surface area contributed by atoms with Crippen molar-refractivity contribution < 1.29 is 23.1 Å². The molecule has 21 heavy (non-hydrogen) atoms. The van der Waals surface area contributed by atoms with Crippen LogP contribution in [0.3, 0.4) is 0 Å². The lowest BCUT2D eigenvalue weighted by atomic mass is 10.1. The zero-order valence-corrected chi connectivity index (χ0v) is 12.2. The van der Waals surface area contributed by atoms with Crippen LogP contribution in [0.2, 0.25) is 5.02 Å². The van der Waals surface area contributed by atoms with E-state index in [1.54, 1.807) is 13.8 Å². The van der Waals surface area contributed by atoms with E-state index in [0.717, 1.165) is 11.0 Å². The third-order valence-electron chi connectivity index (χ3n) is 2.68. The average molecular weight is 322 g/mol. The fourth-order valence-corrected chi connectivity index (χ4v) is 2.00. The van der Waals surface area contributed by atoms with Crippen LogP contribution in [-0.2, 0) is 4.79 Å². The molecule has 0 aliphatic rings. The molecule has 1 aromatic rings. The first-order valence-electron chi connectivity index (χ1n) is 6.14. The number of anilines is 1. The predicted octanol–water partition coefficient (Wildman–Crippen LogP) is 4.21. The van der Waals surface area contributed by atoms with Gasteiger partial charge in [0.15, 0.2) is 0 Å². The van der Waals surface area contributed by atoms with Crippen molar-refractivity contribution in [1.82, 2.24) is 0 Å². The molecule has 0 heterocycles. The number of hydrogen-bond acceptors (Lipinski definition) is 2. The standard InChI is InChI=1S/C14H15ClF3NO2/c1-9(2)19(8-14(16,17)18)12-5-4-11(15)7-10(12)3-6-13(20)21/h3-7,9H,8H2,1-2H3,(H,20,21)/b6-3+. The molecule has 7 heteroatoms. The number of halogens is 4. The average Bonchev–Trinajstić information content (AvgIpc) is 2.32. The van der Waals surface area contributed by atoms with Crippen LogP contribution >= 0.6 is 11.6 Å². The Balaban J connectivity index is 3.27. The van der Waals surface area contributed by atoms with Gasteiger partial charge in [-0.1, -0.05) is 11.6 Å². The maximum Gasteiger partial charge on any atom is 0.405 e. The molecule has 0 aliphatic heterocycles. The third-order valence-corrected chi connectivity index (χ3v) is 2.91. The van der Waals surface area contributed by atoms with Gasteiger partial charge in [-0.15, -0.1) is 0 Å². The number of hydrogen-bond donors (Lipinski definition) is 1. The maximum atomic E-state index is 12.7. The fraction of sp³-hybridized carbons (Fsp3) is 0.357. The molecule has 0 spiro atoms. The monoisotopic (exact) mass is 321 g/mol. The first-order valence-corrected chi connectivity index (χ1v) is 6.52. The number of aliphatic carboxylic acids is 1. The van der Waals surface area contributed by atoms with Crippen molar-refractivity contribution in [1.29, 1.82) is 0 Å². The van der Waals surface area contributed by atoms with E-state index >= 15 is 0 Å². The predicted molar refractivity (Wildman–Crippen MR) is 76.7 cm³/mol. The van der Waals surface area contributed by atoms with Gasteiger partial charge >= 0.3 is 12.1 Å². The van der Waals surface area contributed by atoms with E-state index in [4.69, 9.17) is 16.7 Å². The molecule has 0 aromatic heterocycles. The normalized spacial score (nSPS) is 12.1. The molecule has 0 radical (unpaired) electrons. The molecule has 1 rings (SSSR count). The molecule has 1 aromatic carbocycles. The van der Waals surface area contributed by atoms with Crippen molar-refractivity contribution in [3.05, 3.63) is 34.9 Å². The minimum atomic E-state index is -4.36. The number of carboxylic acids is 1. The summed E-state index contributed by atoms with van der Waals surface area (Å²) in [5.74, 6) is -1.19. The topological polar surface area (TPSA) is 40.5 Å². The van der Waals surface area contributed by atoms with Gasteiger partial charge in [-0.3, -0.25) is 0 Å². The summed E-state index contributed by atoms with van der Waals surface area (Å²) in [4.78, 5) is 11.7. The summed E-state index contributed by atoms with van der Waals surface area (Å²) in [6.07, 6.45) is -2.27. The molecule has 0 unspecified atom stereocenters. The van der Waals surface area contributed by atoms with Crippen LogP contribution < -0.4 is 4.90 Å². The van der Waals surface area contributed by atoms with Crippen molar-refractivity contribution in [2.75, 3.05) is 11.4 Å². The molecule has 1 N–H and O–H groups in total. The van der Waals surface area contributed by atoms with E-state index in [1.165, 1.54) is 24.3 Å². The first kappa shape index (κ1) is 17.4. The number of alkyl halides is 3. The summed E-state index contributed by atoms with van der Waals surface area (Å²) in [6, 6.07) is 3.95. The van der Waals surface area contributed by atoms with Gasteiger partial charge in [0.25, 0.3) is 0 Å². The Hall–Kier alpha value is -1.69. The van der Waals surface area contributed by atoms with Crippen LogP contribution in [0.15, 0.2) is 24.3 Å². The summed E-state index contributed by atoms with van der Waals surface area (Å²) in [5.41, 5.74) is 0.604. The van der Waals surface area contributed by atoms with Gasteiger partial charge < -0.3 is 10.0 Å². The second-order valence-corrected chi connectivity index (χ2v) is 5.15. The van der Waals surface area contributed by atoms with Gasteiger partial charge in [-0.25, -0.2) is 4.79 Å². The summed E-state index contributed by atoms with van der Waals surface area (Å²) < 4.78 is 38.1. The van der Waals surface area contributed by atoms with Crippen molar-refractivity contribution in [3.63, 3.8) is 0 Å². The molecular formula is C14H15ClF3NO2. The lowest BCUT2D eigenvalue weighted by Crippen LogP contribution is -2.39. The molecule has 0 atom stereocenters. The highest BCUT2D eigenvalue weighted by Gasteiger charge is 2.32. The molecule has 0 amide bonds. The Morgan fingerprint density at radius 2 is 2.05 bits per heavy atom. The van der Waals surface area contributed by atoms with Gasteiger partial charge in [0, 0.05) is 22.8 Å². The zero-order chi connectivity index (χ0) is 16.2. The van der Waals surface area contributed by atoms with Gasteiger partial charge in [0.05, 0.1) is 0 Å². The van der Waals surface area contributed by atoms with E-state index in [-0.39, 0.29) is 5.69 Å². The maximum absolute atomic E-state index is 12.7. The second-order valence-electron chi connectivity index (χ2n) is 4.71. The fourth-order valence-electron chi connectivity index (χ4n) is 1.82. The molecule has 3 nitrogen and oxygen atoms in total. The van der Waals surface area contributed by atoms with Crippen LogP contribution in [-0.4, -0.2) is 29.8 Å². The molecule has 0 fully saturated rings. The summed E-state index contributed by atoms with van der Waals surface area (Å²) in [7, 11) is 0. The lowest BCUT2D eigenvalue weighted by Gasteiger charge is -2.31. The number of rotatable bonds is 5. The van der Waals surface area contributed by atoms with Crippen molar-refractivity contribution in [2.45, 2.75) is 26.1 Å². The van der Waals surface area contributed by atoms with E-state index in [9.17, 15) is 18.0 Å². The van der Waals surface area contributed by atoms with Crippen molar-refractivity contribution >= 4 is 29.3 Å². The second kappa shape index (κ2) is 6.85. The van der Waals surface area contributed by atoms with E-state index in [2.05, 4.69) is 0 Å². The van der Waals surface area contributed by atoms with Crippen LogP contribution in [0.5, 0.6) is 0 Å². The smallest absolute Gasteiger partial charge is 0.405 e. The van der Waals surface area contributed by atoms with E-state index < -0.39 is 24.7 Å². The Labute approximate surface area is 125 Å². The SMILES string of the molecule is CC(C)N(CC(F)(F)F)c1ccc(Cl)cc1/C=C/C(=O)O. The Morgan fingerprint density at radius 3 is 2.52 bits per heavy atom. The highest BCUT2D eigenvalue weighted by molar-refractivity contribution is 6.30. The van der Waals surface area contributed by atoms with Gasteiger partial charge in [0.2, 0.25) is 0 Å². The molecule has 0 saturated heterocycles. The number of nitrogens with zero attached hydrogens (tertiary/aromatic N) is 1.